The first-order valence-electron chi connectivity index (χ1n) is 7.33. The van der Waals surface area contributed by atoms with E-state index < -0.39 is 16.2 Å². The van der Waals surface area contributed by atoms with Crippen molar-refractivity contribution in [3.63, 3.8) is 0 Å². The van der Waals surface area contributed by atoms with E-state index in [9.17, 15) is 13.2 Å². The van der Waals surface area contributed by atoms with Crippen LogP contribution in [-0.4, -0.2) is 72.7 Å². The highest BCUT2D eigenvalue weighted by Gasteiger charge is 2.34. The minimum absolute atomic E-state index is 0. The molecule has 138 valence electrons. The van der Waals surface area contributed by atoms with Gasteiger partial charge in [0.15, 0.2) is 0 Å². The second-order valence-electron chi connectivity index (χ2n) is 5.66. The number of carbonyl (C=O) groups excluding carboxylic acids is 1. The fourth-order valence-electron chi connectivity index (χ4n) is 2.46. The lowest BCUT2D eigenvalue weighted by Crippen LogP contribution is -2.49. The lowest BCUT2D eigenvalue weighted by atomic mass is 9.80. The number of halogens is 1. The molecule has 0 aromatic carbocycles. The molecule has 1 heterocycles. The van der Waals surface area contributed by atoms with Crippen LogP contribution in [0.3, 0.4) is 0 Å². The van der Waals surface area contributed by atoms with Gasteiger partial charge in [0.1, 0.15) is 0 Å². The van der Waals surface area contributed by atoms with E-state index in [-0.39, 0.29) is 30.8 Å². The number of hydrogen-bond donors (Lipinski definition) is 2. The van der Waals surface area contributed by atoms with Crippen LogP contribution < -0.4 is 10.0 Å². The van der Waals surface area contributed by atoms with Gasteiger partial charge in [0.05, 0.1) is 20.1 Å². The normalized spacial score (nSPS) is 17.6. The van der Waals surface area contributed by atoms with Crippen LogP contribution in [0.15, 0.2) is 0 Å². The van der Waals surface area contributed by atoms with E-state index in [1.54, 1.807) is 7.11 Å². The quantitative estimate of drug-likeness (QED) is 0.541. The molecule has 23 heavy (non-hydrogen) atoms. The van der Waals surface area contributed by atoms with Crippen LogP contribution in [0.4, 0.5) is 0 Å². The zero-order valence-electron chi connectivity index (χ0n) is 14.0. The zero-order valence-corrected chi connectivity index (χ0v) is 15.6. The van der Waals surface area contributed by atoms with Crippen LogP contribution >= 0.6 is 12.4 Å². The first-order chi connectivity index (χ1) is 10.4. The molecule has 8 nitrogen and oxygen atoms in total. The SMILES string of the molecule is COCC1(CNS(=O)(=O)N(C)CCC(=O)OC)CCNCC1.Cl. The van der Waals surface area contributed by atoms with Crippen molar-refractivity contribution in [3.8, 4) is 0 Å². The van der Waals surface area contributed by atoms with E-state index in [1.807, 2.05) is 0 Å². The molecule has 0 aromatic rings. The number of carbonyl (C=O) groups is 1. The Morgan fingerprint density at radius 2 is 1.91 bits per heavy atom. The van der Waals surface area contributed by atoms with Gasteiger partial charge in [-0.2, -0.15) is 12.7 Å². The van der Waals surface area contributed by atoms with Gasteiger partial charge in [-0.05, 0) is 25.9 Å². The number of nitrogens with zero attached hydrogens (tertiary/aromatic N) is 1. The molecule has 0 aliphatic carbocycles. The van der Waals surface area contributed by atoms with Crippen LogP contribution in [0.25, 0.3) is 0 Å². The van der Waals surface area contributed by atoms with Gasteiger partial charge in [0.25, 0.3) is 10.2 Å². The van der Waals surface area contributed by atoms with E-state index in [0.717, 1.165) is 30.2 Å². The van der Waals surface area contributed by atoms with Gasteiger partial charge in [0.2, 0.25) is 0 Å². The molecule has 0 atom stereocenters. The largest absolute Gasteiger partial charge is 0.469 e. The molecule has 2 N–H and O–H groups in total. The predicted molar refractivity (Wildman–Crippen MR) is 89.8 cm³/mol. The first kappa shape index (κ1) is 22.6. The van der Waals surface area contributed by atoms with E-state index in [4.69, 9.17) is 4.74 Å². The Morgan fingerprint density at radius 1 is 1.30 bits per heavy atom. The van der Waals surface area contributed by atoms with Gasteiger partial charge in [-0.1, -0.05) is 0 Å². The van der Waals surface area contributed by atoms with Crippen molar-refractivity contribution < 1.29 is 22.7 Å². The fraction of sp³-hybridized carbons (Fsp3) is 0.923. The zero-order chi connectivity index (χ0) is 16.6. The van der Waals surface area contributed by atoms with Gasteiger partial charge >= 0.3 is 5.97 Å². The number of piperidine rings is 1. The summed E-state index contributed by atoms with van der Waals surface area (Å²) >= 11 is 0. The maximum Gasteiger partial charge on any atom is 0.306 e. The van der Waals surface area contributed by atoms with Crippen LogP contribution in [-0.2, 0) is 24.5 Å². The smallest absolute Gasteiger partial charge is 0.306 e. The molecule has 0 amide bonds. The van der Waals surface area contributed by atoms with Gasteiger partial charge in [-0.3, -0.25) is 4.79 Å². The van der Waals surface area contributed by atoms with E-state index >= 15 is 0 Å². The molecule has 0 spiro atoms. The number of esters is 1. The molecule has 1 aliphatic rings. The molecule has 1 rings (SSSR count). The summed E-state index contributed by atoms with van der Waals surface area (Å²) in [4.78, 5) is 11.1. The third-order valence-electron chi connectivity index (χ3n) is 4.01. The Kier molecular flexibility index (Phi) is 10.2. The Morgan fingerprint density at radius 3 is 2.43 bits per heavy atom. The Balaban J connectivity index is 0.00000484. The van der Waals surface area contributed by atoms with Crippen molar-refractivity contribution in [2.24, 2.45) is 5.41 Å². The maximum atomic E-state index is 12.2. The second-order valence-corrected chi connectivity index (χ2v) is 7.52. The maximum absolute atomic E-state index is 12.2. The van der Waals surface area contributed by atoms with Crippen LogP contribution in [0, 0.1) is 5.41 Å². The van der Waals surface area contributed by atoms with Crippen molar-refractivity contribution in [2.75, 3.05) is 54.1 Å². The third-order valence-corrected chi connectivity index (χ3v) is 5.53. The summed E-state index contributed by atoms with van der Waals surface area (Å²) in [5.74, 6) is -0.434. The molecule has 1 fully saturated rings. The fourth-order valence-corrected chi connectivity index (χ4v) is 3.50. The molecule has 0 aromatic heterocycles. The molecule has 0 saturated carbocycles. The van der Waals surface area contributed by atoms with Crippen molar-refractivity contribution in [3.05, 3.63) is 0 Å². The minimum Gasteiger partial charge on any atom is -0.469 e. The highest BCUT2D eigenvalue weighted by Crippen LogP contribution is 2.28. The molecule has 0 radical (unpaired) electrons. The standard InChI is InChI=1S/C13H27N3O5S.ClH/c1-16(9-4-12(17)21-3)22(18,19)15-10-13(11-20-2)5-7-14-8-6-13;/h14-15H,4-11H2,1-3H3;1H. The lowest BCUT2D eigenvalue weighted by Gasteiger charge is -2.37. The van der Waals surface area contributed by atoms with Crippen LogP contribution in [0.2, 0.25) is 0 Å². The molecular formula is C13H28ClN3O5S. The summed E-state index contributed by atoms with van der Waals surface area (Å²) < 4.78 is 38.0. The Hall–Kier alpha value is -0.450. The highest BCUT2D eigenvalue weighted by atomic mass is 35.5. The van der Waals surface area contributed by atoms with Gasteiger partial charge in [0, 0.05) is 32.7 Å². The highest BCUT2D eigenvalue weighted by molar-refractivity contribution is 7.87. The lowest BCUT2D eigenvalue weighted by molar-refractivity contribution is -0.140. The number of rotatable bonds is 9. The van der Waals surface area contributed by atoms with E-state index in [2.05, 4.69) is 14.8 Å². The number of methoxy groups -OCH3 is 2. The molecular weight excluding hydrogens is 346 g/mol. The van der Waals surface area contributed by atoms with Crippen LogP contribution in [0.1, 0.15) is 19.3 Å². The first-order valence-corrected chi connectivity index (χ1v) is 8.77. The van der Waals surface area contributed by atoms with Crippen molar-refractivity contribution in [2.45, 2.75) is 19.3 Å². The Labute approximate surface area is 144 Å². The van der Waals surface area contributed by atoms with Crippen molar-refractivity contribution in [1.82, 2.24) is 14.3 Å². The average Bonchev–Trinajstić information content (AvgIpc) is 2.51. The number of hydrogen-bond acceptors (Lipinski definition) is 6. The number of ether oxygens (including phenoxy) is 2. The molecule has 10 heteroatoms. The monoisotopic (exact) mass is 373 g/mol. The van der Waals surface area contributed by atoms with Gasteiger partial charge in [-0.15, -0.1) is 12.4 Å². The topological polar surface area (TPSA) is 97.0 Å². The predicted octanol–water partition coefficient (Wildman–Crippen LogP) is -0.246. The molecule has 0 bridgehead atoms. The third kappa shape index (κ3) is 7.32. The van der Waals surface area contributed by atoms with E-state index in [0.29, 0.717) is 13.2 Å². The summed E-state index contributed by atoms with van der Waals surface area (Å²) in [6, 6.07) is 0. The van der Waals surface area contributed by atoms with Gasteiger partial charge in [-0.25, -0.2) is 4.72 Å². The Bertz CT molecular complexity index is 449. The number of nitrogens with one attached hydrogen (secondary N) is 2. The summed E-state index contributed by atoms with van der Waals surface area (Å²) in [5, 5.41) is 3.26. The van der Waals surface area contributed by atoms with Crippen LogP contribution in [0.5, 0.6) is 0 Å². The summed E-state index contributed by atoms with van der Waals surface area (Å²) in [7, 11) is 0.725. The van der Waals surface area contributed by atoms with Crippen molar-refractivity contribution >= 4 is 28.6 Å². The minimum atomic E-state index is -3.62. The second kappa shape index (κ2) is 10.4. The van der Waals surface area contributed by atoms with Crippen molar-refractivity contribution in [1.29, 1.82) is 0 Å². The summed E-state index contributed by atoms with van der Waals surface area (Å²) in [6.45, 7) is 2.63. The molecule has 1 saturated heterocycles. The van der Waals surface area contributed by atoms with E-state index in [1.165, 1.54) is 14.2 Å². The molecule has 0 unspecified atom stereocenters. The summed E-state index contributed by atoms with van der Waals surface area (Å²) in [6.07, 6.45) is 1.74. The summed E-state index contributed by atoms with van der Waals surface area (Å²) in [5.41, 5.74) is -0.184. The molecule has 1 aliphatic heterocycles. The average molecular weight is 374 g/mol. The van der Waals surface area contributed by atoms with Gasteiger partial charge < -0.3 is 14.8 Å².